The summed E-state index contributed by atoms with van der Waals surface area (Å²) in [5.41, 5.74) is 1.59. The number of hydrogen-bond donors (Lipinski definition) is 3. The lowest BCUT2D eigenvalue weighted by atomic mass is 10.1. The molecule has 1 heterocycles. The number of aliphatic carboxylic acids is 1. The monoisotopic (exact) mass is 504 g/mol. The maximum absolute atomic E-state index is 13.3. The van der Waals surface area contributed by atoms with Crippen molar-refractivity contribution in [2.24, 2.45) is 0 Å². The summed E-state index contributed by atoms with van der Waals surface area (Å²) in [6.07, 6.45) is -0.128. The van der Waals surface area contributed by atoms with Gasteiger partial charge in [-0.05, 0) is 76.4 Å². The van der Waals surface area contributed by atoms with E-state index >= 15 is 0 Å². The van der Waals surface area contributed by atoms with Gasteiger partial charge >= 0.3 is 17.7 Å². The maximum Gasteiger partial charge on any atom is 0.434 e. The fraction of sp³-hybridized carbons (Fsp3) is 0.462. The Balaban J connectivity index is 1.69. The van der Waals surface area contributed by atoms with Gasteiger partial charge < -0.3 is 29.9 Å². The van der Waals surface area contributed by atoms with Crippen LogP contribution in [0.1, 0.15) is 51.8 Å². The van der Waals surface area contributed by atoms with E-state index in [1.54, 1.807) is 36.4 Å². The Morgan fingerprint density at radius 3 is 2.29 bits per heavy atom. The van der Waals surface area contributed by atoms with Crippen molar-refractivity contribution in [2.45, 2.75) is 71.1 Å². The van der Waals surface area contributed by atoms with Crippen LogP contribution in [0, 0.1) is 0 Å². The van der Waals surface area contributed by atoms with Crippen molar-refractivity contribution < 1.29 is 29.3 Å². The van der Waals surface area contributed by atoms with Crippen LogP contribution in [0.4, 0.5) is 0 Å². The van der Waals surface area contributed by atoms with E-state index in [1.165, 1.54) is 4.90 Å². The molecular weight excluding hydrogens is 472 g/mol. The molecule has 0 spiro atoms. The number of carbonyl (C=O) groups is 2. The fourth-order valence-electron chi connectivity index (χ4n) is 4.25. The van der Waals surface area contributed by atoms with Crippen molar-refractivity contribution in [1.82, 2.24) is 10.2 Å². The lowest BCUT2D eigenvalue weighted by Gasteiger charge is -2.35. The number of carbonyl (C=O) groups excluding carboxylic acids is 1. The first-order valence-electron chi connectivity index (χ1n) is 11.7. The first-order valence-corrected chi connectivity index (χ1v) is 12.1. The first-order chi connectivity index (χ1) is 16.4. The molecule has 0 fully saturated rings. The lowest BCUT2D eigenvalue weighted by Crippen LogP contribution is -2.62. The van der Waals surface area contributed by atoms with Crippen LogP contribution >= 0.6 is 11.6 Å². The van der Waals surface area contributed by atoms with Crippen LogP contribution in [0.15, 0.2) is 42.5 Å². The quantitative estimate of drug-likeness (QED) is 0.422. The first kappa shape index (κ1) is 26.8. The third-order valence-electron chi connectivity index (χ3n) is 5.86. The average molecular weight is 505 g/mol. The standard InChI is InChI=1S/C26H33ClN2O6/c1-15(2)29(16(3)4)24(31)26(25(32)33)34-22-10-9-18(12-23(22)35-26)11-17(5)28-14-21(30)19-7-6-8-20(27)13-19/h6-10,12-13,15-17,21,28,30H,11,14H2,1-5H3,(H,32,33). The number of hydrogen-bond acceptors (Lipinski definition) is 6. The highest BCUT2D eigenvalue weighted by molar-refractivity contribution is 6.30. The van der Waals surface area contributed by atoms with Crippen LogP contribution in [0.5, 0.6) is 11.5 Å². The van der Waals surface area contributed by atoms with E-state index in [0.29, 0.717) is 18.0 Å². The molecule has 0 aromatic heterocycles. The third kappa shape index (κ3) is 5.89. The summed E-state index contributed by atoms with van der Waals surface area (Å²) < 4.78 is 11.3. The van der Waals surface area contributed by atoms with Gasteiger partial charge in [0.25, 0.3) is 0 Å². The van der Waals surface area contributed by atoms with Crippen molar-refractivity contribution in [1.29, 1.82) is 0 Å². The number of nitrogens with one attached hydrogen (secondary N) is 1. The van der Waals surface area contributed by atoms with E-state index in [-0.39, 0.29) is 29.6 Å². The summed E-state index contributed by atoms with van der Waals surface area (Å²) in [5, 5.41) is 24.2. The molecule has 2 aromatic carbocycles. The van der Waals surface area contributed by atoms with Crippen molar-refractivity contribution >= 4 is 23.5 Å². The number of fused-ring (bicyclic) bond motifs is 1. The molecule has 3 N–H and O–H groups in total. The van der Waals surface area contributed by atoms with Gasteiger partial charge in [-0.15, -0.1) is 0 Å². The number of halogens is 1. The van der Waals surface area contributed by atoms with Crippen LogP contribution in [0.25, 0.3) is 0 Å². The van der Waals surface area contributed by atoms with Gasteiger partial charge in [-0.1, -0.05) is 29.8 Å². The minimum absolute atomic E-state index is 0.00700. The van der Waals surface area contributed by atoms with Crippen LogP contribution in [0.2, 0.25) is 5.02 Å². The normalized spacial score (nSPS) is 18.5. The van der Waals surface area contributed by atoms with E-state index in [2.05, 4.69) is 5.32 Å². The number of carboxylic acids is 1. The third-order valence-corrected chi connectivity index (χ3v) is 6.10. The van der Waals surface area contributed by atoms with E-state index < -0.39 is 23.8 Å². The second kappa shape index (κ2) is 10.8. The predicted molar refractivity (Wildman–Crippen MR) is 133 cm³/mol. The molecule has 9 heteroatoms. The maximum atomic E-state index is 13.3. The molecule has 0 radical (unpaired) electrons. The van der Waals surface area contributed by atoms with Crippen molar-refractivity contribution in [2.75, 3.05) is 6.54 Å². The highest BCUT2D eigenvalue weighted by Crippen LogP contribution is 2.41. The van der Waals surface area contributed by atoms with Gasteiger partial charge in [-0.25, -0.2) is 4.79 Å². The summed E-state index contributed by atoms with van der Waals surface area (Å²) in [6.45, 7) is 9.56. The molecule has 0 saturated carbocycles. The van der Waals surface area contributed by atoms with Gasteiger partial charge in [-0.3, -0.25) is 4.79 Å². The molecule has 3 rings (SSSR count). The zero-order valence-electron chi connectivity index (χ0n) is 20.6. The minimum Gasteiger partial charge on any atom is -0.475 e. The second-order valence-corrected chi connectivity index (χ2v) is 9.83. The zero-order chi connectivity index (χ0) is 25.9. The van der Waals surface area contributed by atoms with Gasteiger partial charge in [0.05, 0.1) is 6.10 Å². The van der Waals surface area contributed by atoms with Gasteiger partial charge in [0.2, 0.25) is 0 Å². The Morgan fingerprint density at radius 2 is 1.69 bits per heavy atom. The molecule has 190 valence electrons. The largest absolute Gasteiger partial charge is 0.475 e. The molecule has 0 bridgehead atoms. The van der Waals surface area contributed by atoms with Crippen LogP contribution in [-0.4, -0.2) is 57.4 Å². The number of aliphatic hydroxyl groups excluding tert-OH is 1. The Morgan fingerprint density at radius 1 is 1.03 bits per heavy atom. The summed E-state index contributed by atoms with van der Waals surface area (Å²) in [5.74, 6) is -4.30. The molecule has 3 unspecified atom stereocenters. The molecular formula is C26H33ClN2O6. The van der Waals surface area contributed by atoms with Gasteiger partial charge in [-0.2, -0.15) is 0 Å². The number of ether oxygens (including phenoxy) is 2. The summed E-state index contributed by atoms with van der Waals surface area (Å²) in [4.78, 5) is 26.9. The van der Waals surface area contributed by atoms with Crippen molar-refractivity contribution in [3.8, 4) is 11.5 Å². The van der Waals surface area contributed by atoms with Gasteiger partial charge in [0.15, 0.2) is 11.5 Å². The fourth-order valence-corrected chi connectivity index (χ4v) is 4.44. The number of benzene rings is 2. The van der Waals surface area contributed by atoms with E-state index in [1.807, 2.05) is 40.7 Å². The second-order valence-electron chi connectivity index (χ2n) is 9.39. The molecule has 0 aliphatic carbocycles. The van der Waals surface area contributed by atoms with Crippen LogP contribution in [-0.2, 0) is 16.0 Å². The molecule has 2 aromatic rings. The van der Waals surface area contributed by atoms with E-state index in [9.17, 15) is 19.8 Å². The highest BCUT2D eigenvalue weighted by atomic mass is 35.5. The van der Waals surface area contributed by atoms with Gasteiger partial charge in [0, 0.05) is 29.7 Å². The minimum atomic E-state index is -2.46. The van der Waals surface area contributed by atoms with Crippen molar-refractivity contribution in [3.63, 3.8) is 0 Å². The SMILES string of the molecule is CC(Cc1ccc2c(c1)OC(C(=O)O)(C(=O)N(C(C)C)C(C)C)O2)NCC(O)c1cccc(Cl)c1. The molecule has 35 heavy (non-hydrogen) atoms. The molecule has 1 aliphatic rings. The number of nitrogens with zero attached hydrogens (tertiary/aromatic N) is 1. The Hall–Kier alpha value is -2.81. The zero-order valence-corrected chi connectivity index (χ0v) is 21.4. The molecule has 8 nitrogen and oxygen atoms in total. The number of aliphatic hydroxyl groups is 1. The number of amides is 1. The predicted octanol–water partition coefficient (Wildman–Crippen LogP) is 3.79. The van der Waals surface area contributed by atoms with Crippen LogP contribution in [0.3, 0.4) is 0 Å². The lowest BCUT2D eigenvalue weighted by molar-refractivity contribution is -0.192. The molecule has 3 atom stereocenters. The Bertz CT molecular complexity index is 1070. The topological polar surface area (TPSA) is 108 Å². The van der Waals surface area contributed by atoms with Gasteiger partial charge in [0.1, 0.15) is 0 Å². The average Bonchev–Trinajstić information content (AvgIpc) is 3.17. The van der Waals surface area contributed by atoms with Crippen LogP contribution < -0.4 is 14.8 Å². The summed E-state index contributed by atoms with van der Waals surface area (Å²) in [7, 11) is 0. The van der Waals surface area contributed by atoms with E-state index in [4.69, 9.17) is 21.1 Å². The highest BCUT2D eigenvalue weighted by Gasteiger charge is 2.59. The molecule has 1 amide bonds. The summed E-state index contributed by atoms with van der Waals surface area (Å²) in [6, 6.07) is 11.7. The number of rotatable bonds is 10. The number of carboxylic acid groups (broad SMARTS) is 1. The van der Waals surface area contributed by atoms with E-state index in [0.717, 1.165) is 11.1 Å². The summed E-state index contributed by atoms with van der Waals surface area (Å²) >= 11 is 6.00. The Kier molecular flexibility index (Phi) is 8.30. The smallest absolute Gasteiger partial charge is 0.434 e. The Labute approximate surface area is 210 Å². The molecule has 0 saturated heterocycles. The van der Waals surface area contributed by atoms with Crippen molar-refractivity contribution in [3.05, 3.63) is 58.6 Å². The molecule has 1 aliphatic heterocycles.